The minimum atomic E-state index is -0.614. The van der Waals surface area contributed by atoms with Gasteiger partial charge in [-0.3, -0.25) is 0 Å². The van der Waals surface area contributed by atoms with E-state index in [-0.39, 0.29) is 5.75 Å². The van der Waals surface area contributed by atoms with Crippen molar-refractivity contribution in [2.45, 2.75) is 6.54 Å². The Morgan fingerprint density at radius 3 is 2.81 bits per heavy atom. The van der Waals surface area contributed by atoms with Crippen LogP contribution in [0.15, 0.2) is 33.4 Å². The molecule has 16 heavy (non-hydrogen) atoms. The van der Waals surface area contributed by atoms with E-state index in [9.17, 15) is 4.39 Å². The number of rotatable bonds is 3. The lowest BCUT2D eigenvalue weighted by molar-refractivity contribution is 0.432. The second kappa shape index (κ2) is 4.84. The summed E-state index contributed by atoms with van der Waals surface area (Å²) < 4.78 is 14.1. The average molecular weight is 302 g/mol. The zero-order valence-electron chi connectivity index (χ0n) is 8.21. The van der Waals surface area contributed by atoms with Crippen LogP contribution in [-0.4, -0.2) is 5.11 Å². The van der Waals surface area contributed by atoms with Crippen LogP contribution in [-0.2, 0) is 6.54 Å². The van der Waals surface area contributed by atoms with E-state index in [0.717, 1.165) is 9.35 Å². The lowest BCUT2D eigenvalue weighted by Gasteiger charge is -2.05. The molecule has 5 heteroatoms. The maximum atomic E-state index is 13.0. The number of aromatic hydroxyl groups is 1. The highest BCUT2D eigenvalue weighted by atomic mass is 79.9. The van der Waals surface area contributed by atoms with Crippen LogP contribution in [0.1, 0.15) is 5.56 Å². The van der Waals surface area contributed by atoms with Crippen molar-refractivity contribution in [1.29, 1.82) is 0 Å². The zero-order chi connectivity index (χ0) is 11.5. The molecule has 0 aliphatic rings. The number of phenols is 1. The molecule has 2 nitrogen and oxygen atoms in total. The molecule has 0 aliphatic carbocycles. The second-order valence-corrected chi connectivity index (χ2v) is 5.57. The van der Waals surface area contributed by atoms with Gasteiger partial charge < -0.3 is 10.4 Å². The van der Waals surface area contributed by atoms with Gasteiger partial charge in [-0.2, -0.15) is 0 Å². The van der Waals surface area contributed by atoms with Crippen molar-refractivity contribution < 1.29 is 9.50 Å². The van der Waals surface area contributed by atoms with E-state index >= 15 is 0 Å². The van der Waals surface area contributed by atoms with E-state index in [0.29, 0.717) is 12.2 Å². The predicted octanol–water partition coefficient (Wildman–Crippen LogP) is 3.97. The summed E-state index contributed by atoms with van der Waals surface area (Å²) in [6.07, 6.45) is 0. The lowest BCUT2D eigenvalue weighted by Crippen LogP contribution is -1.98. The van der Waals surface area contributed by atoms with Gasteiger partial charge in [0.2, 0.25) is 0 Å². The molecule has 0 amide bonds. The van der Waals surface area contributed by atoms with Crippen LogP contribution in [0.3, 0.4) is 0 Å². The van der Waals surface area contributed by atoms with Gasteiger partial charge >= 0.3 is 0 Å². The Bertz CT molecular complexity index is 500. The number of benzene rings is 1. The molecular formula is C11H9BrFNOS. The Labute approximate surface area is 105 Å². The molecule has 0 saturated carbocycles. The average Bonchev–Trinajstić information content (AvgIpc) is 2.66. The summed E-state index contributed by atoms with van der Waals surface area (Å²) in [4.78, 5) is 0. The van der Waals surface area contributed by atoms with E-state index in [1.165, 1.54) is 12.1 Å². The van der Waals surface area contributed by atoms with Gasteiger partial charge in [0.1, 0.15) is 0 Å². The van der Waals surface area contributed by atoms with Crippen LogP contribution in [0.2, 0.25) is 0 Å². The topological polar surface area (TPSA) is 32.3 Å². The molecule has 1 aromatic heterocycles. The van der Waals surface area contributed by atoms with Gasteiger partial charge in [-0.15, -0.1) is 11.3 Å². The van der Waals surface area contributed by atoms with E-state index in [2.05, 4.69) is 21.2 Å². The molecule has 2 N–H and O–H groups in total. The Balaban J connectivity index is 2.02. The zero-order valence-corrected chi connectivity index (χ0v) is 10.6. The number of nitrogens with one attached hydrogen (secondary N) is 1. The number of thiophene rings is 1. The SMILES string of the molecule is Oc1ccc(NCc2csc(Br)c2)cc1F. The van der Waals surface area contributed by atoms with Crippen molar-refractivity contribution >= 4 is 33.0 Å². The first-order valence-corrected chi connectivity index (χ1v) is 6.28. The van der Waals surface area contributed by atoms with Crippen LogP contribution >= 0.6 is 27.3 Å². The van der Waals surface area contributed by atoms with Gasteiger partial charge in [-0.05, 0) is 45.1 Å². The minimum absolute atomic E-state index is 0.330. The molecule has 0 unspecified atom stereocenters. The first-order chi connectivity index (χ1) is 7.65. The fraction of sp³-hybridized carbons (Fsp3) is 0.0909. The largest absolute Gasteiger partial charge is 0.505 e. The Morgan fingerprint density at radius 1 is 1.38 bits per heavy atom. The number of halogens is 2. The fourth-order valence-electron chi connectivity index (χ4n) is 1.26. The van der Waals surface area contributed by atoms with Gasteiger partial charge in [0.15, 0.2) is 11.6 Å². The van der Waals surface area contributed by atoms with E-state index < -0.39 is 5.82 Å². The highest BCUT2D eigenvalue weighted by Crippen LogP contribution is 2.23. The highest BCUT2D eigenvalue weighted by molar-refractivity contribution is 9.11. The molecule has 1 heterocycles. The minimum Gasteiger partial charge on any atom is -0.505 e. The van der Waals surface area contributed by atoms with Crippen molar-refractivity contribution in [3.8, 4) is 5.75 Å². The molecule has 0 aliphatic heterocycles. The molecule has 0 atom stereocenters. The quantitative estimate of drug-likeness (QED) is 0.841. The molecule has 0 radical (unpaired) electrons. The van der Waals surface area contributed by atoms with Crippen molar-refractivity contribution in [2.75, 3.05) is 5.32 Å². The van der Waals surface area contributed by atoms with E-state index in [4.69, 9.17) is 5.11 Å². The molecule has 84 valence electrons. The van der Waals surface area contributed by atoms with Gasteiger partial charge in [-0.1, -0.05) is 0 Å². The smallest absolute Gasteiger partial charge is 0.166 e. The molecule has 1 aromatic carbocycles. The lowest BCUT2D eigenvalue weighted by atomic mass is 10.2. The third-order valence-corrected chi connectivity index (χ3v) is 3.62. The van der Waals surface area contributed by atoms with Crippen molar-refractivity contribution in [2.24, 2.45) is 0 Å². The van der Waals surface area contributed by atoms with Gasteiger partial charge in [0.05, 0.1) is 3.79 Å². The summed E-state index contributed by atoms with van der Waals surface area (Å²) in [6.45, 7) is 0.631. The molecule has 0 bridgehead atoms. The van der Waals surface area contributed by atoms with Crippen LogP contribution in [0.4, 0.5) is 10.1 Å². The van der Waals surface area contributed by atoms with Crippen molar-refractivity contribution in [1.82, 2.24) is 0 Å². The number of phenolic OH excluding ortho intramolecular Hbond substituents is 1. The van der Waals surface area contributed by atoms with Crippen LogP contribution in [0.5, 0.6) is 5.75 Å². The van der Waals surface area contributed by atoms with E-state index in [1.54, 1.807) is 17.4 Å². The summed E-state index contributed by atoms with van der Waals surface area (Å²) in [6, 6.07) is 6.26. The Hall–Kier alpha value is -1.07. The van der Waals surface area contributed by atoms with Gasteiger partial charge in [-0.25, -0.2) is 4.39 Å². The number of hydrogen-bond acceptors (Lipinski definition) is 3. The number of hydrogen-bond donors (Lipinski definition) is 2. The molecule has 0 fully saturated rings. The van der Waals surface area contributed by atoms with E-state index in [1.807, 2.05) is 11.4 Å². The number of anilines is 1. The summed E-state index contributed by atoms with van der Waals surface area (Å²) in [7, 11) is 0. The monoisotopic (exact) mass is 301 g/mol. The molecule has 2 aromatic rings. The summed E-state index contributed by atoms with van der Waals surface area (Å²) in [5.74, 6) is -0.944. The maximum absolute atomic E-state index is 13.0. The standard InChI is InChI=1S/C11H9BrFNOS/c12-11-3-7(6-16-11)5-14-8-1-2-10(15)9(13)4-8/h1-4,6,14-15H,5H2. The summed E-state index contributed by atoms with van der Waals surface area (Å²) in [5.41, 5.74) is 1.78. The Morgan fingerprint density at radius 2 is 2.19 bits per heavy atom. The van der Waals surface area contributed by atoms with Crippen LogP contribution in [0.25, 0.3) is 0 Å². The Kier molecular flexibility index (Phi) is 3.46. The molecule has 2 rings (SSSR count). The molecular weight excluding hydrogens is 293 g/mol. The molecule has 0 saturated heterocycles. The van der Waals surface area contributed by atoms with Gasteiger partial charge in [0, 0.05) is 18.3 Å². The first kappa shape index (κ1) is 11.4. The fourth-order valence-corrected chi connectivity index (χ4v) is 2.47. The van der Waals surface area contributed by atoms with Crippen molar-refractivity contribution in [3.05, 3.63) is 44.8 Å². The summed E-state index contributed by atoms with van der Waals surface area (Å²) >= 11 is 4.98. The van der Waals surface area contributed by atoms with Crippen LogP contribution < -0.4 is 5.32 Å². The summed E-state index contributed by atoms with van der Waals surface area (Å²) in [5, 5.41) is 14.1. The third kappa shape index (κ3) is 2.74. The molecule has 0 spiro atoms. The van der Waals surface area contributed by atoms with Gasteiger partial charge in [0.25, 0.3) is 0 Å². The van der Waals surface area contributed by atoms with Crippen molar-refractivity contribution in [3.63, 3.8) is 0 Å². The first-order valence-electron chi connectivity index (χ1n) is 4.60. The van der Waals surface area contributed by atoms with Crippen LogP contribution in [0, 0.1) is 5.82 Å². The predicted molar refractivity (Wildman–Crippen MR) is 67.4 cm³/mol. The normalized spacial score (nSPS) is 10.4. The highest BCUT2D eigenvalue weighted by Gasteiger charge is 2.02. The second-order valence-electron chi connectivity index (χ2n) is 3.28. The third-order valence-electron chi connectivity index (χ3n) is 2.07. The maximum Gasteiger partial charge on any atom is 0.166 e.